The average molecular weight is 451 g/mol. The molecule has 5 rings (SSSR count). The number of aryl methyl sites for hydroxylation is 1. The van der Waals surface area contributed by atoms with Gasteiger partial charge >= 0.3 is 0 Å². The van der Waals surface area contributed by atoms with E-state index in [-0.39, 0.29) is 11.9 Å². The number of fused-ring (bicyclic) bond motifs is 1. The number of carbonyl (C=O) groups excluding carboxylic acids is 1. The molecule has 0 aliphatic carbocycles. The van der Waals surface area contributed by atoms with Gasteiger partial charge in [0.1, 0.15) is 0 Å². The molecule has 1 saturated heterocycles. The summed E-state index contributed by atoms with van der Waals surface area (Å²) in [5.74, 6) is 0.00929. The van der Waals surface area contributed by atoms with Gasteiger partial charge in [-0.05, 0) is 60.9 Å². The Morgan fingerprint density at radius 1 is 0.912 bits per heavy atom. The van der Waals surface area contributed by atoms with Crippen LogP contribution in [0.25, 0.3) is 22.0 Å². The van der Waals surface area contributed by atoms with Gasteiger partial charge in [0.2, 0.25) is 0 Å². The molecule has 1 aliphatic heterocycles. The first-order valence-electron chi connectivity index (χ1n) is 12.2. The van der Waals surface area contributed by atoms with E-state index in [1.165, 1.54) is 5.56 Å². The van der Waals surface area contributed by atoms with Gasteiger partial charge in [0.15, 0.2) is 0 Å². The second-order valence-corrected chi connectivity index (χ2v) is 9.14. The number of aromatic nitrogens is 1. The van der Waals surface area contributed by atoms with E-state index in [0.29, 0.717) is 12.1 Å². The molecule has 4 heteroatoms. The summed E-state index contributed by atoms with van der Waals surface area (Å²) in [6.45, 7) is 0.391. The quantitative estimate of drug-likeness (QED) is 0.398. The highest BCUT2D eigenvalue weighted by Crippen LogP contribution is 2.29. The minimum atomic E-state index is -0.466. The van der Waals surface area contributed by atoms with Crippen molar-refractivity contribution in [1.29, 1.82) is 0 Å². The smallest absolute Gasteiger partial charge is 0.254 e. The van der Waals surface area contributed by atoms with E-state index in [1.54, 1.807) is 0 Å². The molecule has 2 unspecified atom stereocenters. The number of benzene rings is 3. The third-order valence-electron chi connectivity index (χ3n) is 6.88. The average Bonchev–Trinajstić information content (AvgIpc) is 2.90. The Morgan fingerprint density at radius 2 is 1.71 bits per heavy atom. The van der Waals surface area contributed by atoms with E-state index < -0.39 is 6.10 Å². The van der Waals surface area contributed by atoms with Gasteiger partial charge in [0, 0.05) is 29.7 Å². The number of rotatable bonds is 6. The Hall–Kier alpha value is -3.50. The minimum Gasteiger partial charge on any atom is -0.391 e. The lowest BCUT2D eigenvalue weighted by molar-refractivity contribution is 0.0253. The van der Waals surface area contributed by atoms with Crippen molar-refractivity contribution in [3.8, 4) is 11.1 Å². The van der Waals surface area contributed by atoms with E-state index >= 15 is 0 Å². The molecule has 172 valence electrons. The topological polar surface area (TPSA) is 53.4 Å². The molecule has 1 amide bonds. The highest BCUT2D eigenvalue weighted by Gasteiger charge is 2.32. The van der Waals surface area contributed by atoms with Crippen LogP contribution in [0, 0.1) is 0 Å². The Labute approximate surface area is 200 Å². The second kappa shape index (κ2) is 10.2. The summed E-state index contributed by atoms with van der Waals surface area (Å²) < 4.78 is 0. The molecule has 0 spiro atoms. The van der Waals surface area contributed by atoms with Crippen LogP contribution in [0.15, 0.2) is 91.1 Å². The molecule has 1 N–H and O–H groups in total. The highest BCUT2D eigenvalue weighted by molar-refractivity contribution is 6.01. The number of pyridine rings is 1. The van der Waals surface area contributed by atoms with Gasteiger partial charge in [-0.15, -0.1) is 0 Å². The van der Waals surface area contributed by atoms with Crippen LogP contribution >= 0.6 is 0 Å². The van der Waals surface area contributed by atoms with Gasteiger partial charge in [-0.1, -0.05) is 72.8 Å². The lowest BCUT2D eigenvalue weighted by Gasteiger charge is -2.38. The summed E-state index contributed by atoms with van der Waals surface area (Å²) in [5.41, 5.74) is 4.99. The Kier molecular flexibility index (Phi) is 6.68. The molecule has 1 aliphatic rings. The van der Waals surface area contributed by atoms with Crippen LogP contribution in [0.5, 0.6) is 0 Å². The summed E-state index contributed by atoms with van der Waals surface area (Å²) >= 11 is 0. The number of piperidine rings is 1. The number of aliphatic hydroxyl groups excluding tert-OH is 1. The Morgan fingerprint density at radius 3 is 2.59 bits per heavy atom. The molecule has 4 aromatic rings. The van der Waals surface area contributed by atoms with Crippen LogP contribution in [0.3, 0.4) is 0 Å². The van der Waals surface area contributed by atoms with Crippen molar-refractivity contribution >= 4 is 16.8 Å². The van der Waals surface area contributed by atoms with Gasteiger partial charge in [0.25, 0.3) is 5.91 Å². The lowest BCUT2D eigenvalue weighted by atomic mass is 9.92. The molecular formula is C30H30N2O2. The highest BCUT2D eigenvalue weighted by atomic mass is 16.3. The predicted molar refractivity (Wildman–Crippen MR) is 137 cm³/mol. The number of nitrogens with zero attached hydrogens (tertiary/aromatic N) is 2. The molecule has 1 fully saturated rings. The first-order chi connectivity index (χ1) is 16.7. The first-order valence-corrected chi connectivity index (χ1v) is 12.2. The molecule has 1 aromatic heterocycles. The second-order valence-electron chi connectivity index (χ2n) is 9.14. The summed E-state index contributed by atoms with van der Waals surface area (Å²) in [6, 6.07) is 28.4. The molecule has 3 aromatic carbocycles. The molecule has 0 saturated carbocycles. The Bertz CT molecular complexity index is 1270. The van der Waals surface area contributed by atoms with Crippen molar-refractivity contribution in [2.45, 2.75) is 44.2 Å². The number of β-amino-alcohol motifs (C(OH)–C–C–N with tert-alkyl or cyclic N) is 1. The zero-order valence-corrected chi connectivity index (χ0v) is 19.3. The summed E-state index contributed by atoms with van der Waals surface area (Å²) in [6.07, 6.45) is 5.76. The predicted octanol–water partition coefficient (Wildman–Crippen LogP) is 5.89. The number of para-hydroxylation sites is 1. The monoisotopic (exact) mass is 450 g/mol. The van der Waals surface area contributed by atoms with Gasteiger partial charge in [-0.2, -0.15) is 0 Å². The molecule has 0 bridgehead atoms. The van der Waals surface area contributed by atoms with Gasteiger partial charge in [-0.3, -0.25) is 9.78 Å². The molecule has 34 heavy (non-hydrogen) atoms. The van der Waals surface area contributed by atoms with Gasteiger partial charge < -0.3 is 10.0 Å². The molecule has 0 radical (unpaired) electrons. The number of amides is 1. The maximum absolute atomic E-state index is 13.8. The number of hydrogen-bond donors (Lipinski definition) is 1. The lowest BCUT2D eigenvalue weighted by Crippen LogP contribution is -2.48. The van der Waals surface area contributed by atoms with E-state index in [0.717, 1.165) is 54.1 Å². The van der Waals surface area contributed by atoms with Crippen LogP contribution < -0.4 is 0 Å². The summed E-state index contributed by atoms with van der Waals surface area (Å²) in [4.78, 5) is 20.3. The van der Waals surface area contributed by atoms with Gasteiger partial charge in [0.05, 0.1) is 11.6 Å². The van der Waals surface area contributed by atoms with Crippen LogP contribution in [0.2, 0.25) is 0 Å². The fourth-order valence-electron chi connectivity index (χ4n) is 5.15. The standard InChI is InChI=1S/C30H30N2O2/c33-26-19-18-25(15-7-13-23-11-6-12-24-14-8-20-31-29(23)24)32(21-26)30(34)28-17-5-4-16-27(28)22-9-2-1-3-10-22/h1-6,8-12,14,16-17,20,25-26,33H,7,13,15,18-19,21H2. The van der Waals surface area contributed by atoms with E-state index in [2.05, 4.69) is 29.2 Å². The zero-order valence-electron chi connectivity index (χ0n) is 19.3. The Balaban J connectivity index is 1.34. The zero-order chi connectivity index (χ0) is 23.3. The van der Waals surface area contributed by atoms with Crippen molar-refractivity contribution in [2.75, 3.05) is 6.54 Å². The van der Waals surface area contributed by atoms with Crippen molar-refractivity contribution in [3.05, 3.63) is 102 Å². The summed E-state index contributed by atoms with van der Waals surface area (Å²) in [5, 5.41) is 11.6. The number of aliphatic hydroxyl groups is 1. The fraction of sp³-hybridized carbons (Fsp3) is 0.267. The van der Waals surface area contributed by atoms with Crippen LogP contribution in [-0.4, -0.2) is 39.6 Å². The van der Waals surface area contributed by atoms with Crippen LogP contribution in [0.4, 0.5) is 0 Å². The largest absolute Gasteiger partial charge is 0.391 e. The van der Waals surface area contributed by atoms with E-state index in [9.17, 15) is 9.90 Å². The molecular weight excluding hydrogens is 420 g/mol. The fourth-order valence-corrected chi connectivity index (χ4v) is 5.15. The normalized spacial score (nSPS) is 18.2. The van der Waals surface area contributed by atoms with Crippen LogP contribution in [-0.2, 0) is 6.42 Å². The first kappa shape index (κ1) is 22.3. The molecule has 4 nitrogen and oxygen atoms in total. The van der Waals surface area contributed by atoms with Crippen molar-refractivity contribution in [2.24, 2.45) is 0 Å². The minimum absolute atomic E-state index is 0.00929. The van der Waals surface area contributed by atoms with Crippen molar-refractivity contribution in [3.63, 3.8) is 0 Å². The number of hydrogen-bond acceptors (Lipinski definition) is 3. The van der Waals surface area contributed by atoms with Crippen molar-refractivity contribution < 1.29 is 9.90 Å². The van der Waals surface area contributed by atoms with E-state index in [4.69, 9.17) is 0 Å². The third-order valence-corrected chi connectivity index (χ3v) is 6.88. The third kappa shape index (κ3) is 4.73. The molecule has 2 atom stereocenters. The molecule has 2 heterocycles. The van der Waals surface area contributed by atoms with E-state index in [1.807, 2.05) is 71.8 Å². The number of carbonyl (C=O) groups is 1. The number of likely N-dealkylation sites (tertiary alicyclic amines) is 1. The SMILES string of the molecule is O=C(c1ccccc1-c1ccccc1)N1CC(O)CCC1CCCc1cccc2cccnc12. The van der Waals surface area contributed by atoms with Crippen molar-refractivity contribution in [1.82, 2.24) is 9.88 Å². The maximum Gasteiger partial charge on any atom is 0.254 e. The summed E-state index contributed by atoms with van der Waals surface area (Å²) in [7, 11) is 0. The maximum atomic E-state index is 13.8. The van der Waals surface area contributed by atoms with Gasteiger partial charge in [-0.25, -0.2) is 0 Å². The van der Waals surface area contributed by atoms with Crippen LogP contribution in [0.1, 0.15) is 41.6 Å².